The minimum absolute atomic E-state index is 0.139. The molecule has 0 radical (unpaired) electrons. The molecule has 0 saturated heterocycles. The van der Waals surface area contributed by atoms with E-state index in [4.69, 9.17) is 0 Å². The molecule has 1 aromatic heterocycles. The summed E-state index contributed by atoms with van der Waals surface area (Å²) in [6, 6.07) is 12.6. The van der Waals surface area contributed by atoms with Gasteiger partial charge in [0.15, 0.2) is 14.6 Å². The number of sulfone groups is 1. The Hall–Kier alpha value is -1.77. The summed E-state index contributed by atoms with van der Waals surface area (Å²) in [5, 5.41) is 0. The third kappa shape index (κ3) is 4.79. The Bertz CT molecular complexity index is 1180. The third-order valence-corrected chi connectivity index (χ3v) is 7.54. The van der Waals surface area contributed by atoms with E-state index >= 15 is 0 Å². The van der Waals surface area contributed by atoms with Gasteiger partial charge in [-0.05, 0) is 43.7 Å². The molecule has 0 aliphatic carbocycles. The molecule has 0 fully saturated rings. The van der Waals surface area contributed by atoms with Crippen LogP contribution in [-0.2, 0) is 21.2 Å². The Morgan fingerprint density at radius 1 is 1.18 bits per heavy atom. The van der Waals surface area contributed by atoms with E-state index in [1.54, 1.807) is 24.3 Å². The van der Waals surface area contributed by atoms with Crippen LogP contribution in [0.15, 0.2) is 56.8 Å². The molecule has 5 nitrogen and oxygen atoms in total. The lowest BCUT2D eigenvalue weighted by Gasteiger charge is -2.04. The van der Waals surface area contributed by atoms with E-state index < -0.39 is 15.7 Å². The molecule has 148 valence electrons. The number of rotatable bonds is 6. The normalized spacial score (nSPS) is 12.6. The van der Waals surface area contributed by atoms with Gasteiger partial charge in [0.2, 0.25) is 5.91 Å². The van der Waals surface area contributed by atoms with E-state index in [2.05, 4.69) is 27.8 Å². The van der Waals surface area contributed by atoms with Crippen molar-refractivity contribution in [1.29, 1.82) is 0 Å². The van der Waals surface area contributed by atoms with Crippen molar-refractivity contribution in [1.82, 2.24) is 4.57 Å². The molecule has 0 N–H and O–H groups in total. The first kappa shape index (κ1) is 21.0. The first-order chi connectivity index (χ1) is 13.3. The highest BCUT2D eigenvalue weighted by molar-refractivity contribution is 9.10. The van der Waals surface area contributed by atoms with Gasteiger partial charge in [0.1, 0.15) is 0 Å². The summed E-state index contributed by atoms with van der Waals surface area (Å²) in [7, 11) is -3.51. The number of benzene rings is 2. The summed E-state index contributed by atoms with van der Waals surface area (Å²) >= 11 is 4.90. The van der Waals surface area contributed by atoms with Crippen LogP contribution in [0.4, 0.5) is 0 Å². The molecule has 1 amide bonds. The molecule has 0 aliphatic heterocycles. The fourth-order valence-electron chi connectivity index (χ4n) is 2.82. The molecule has 0 atom stereocenters. The quantitative estimate of drug-likeness (QED) is 0.522. The maximum Gasteiger partial charge on any atom is 0.249 e. The van der Waals surface area contributed by atoms with E-state index in [1.165, 1.54) is 11.3 Å². The van der Waals surface area contributed by atoms with E-state index in [0.29, 0.717) is 4.80 Å². The molecule has 3 aromatic rings. The van der Waals surface area contributed by atoms with Gasteiger partial charge in [-0.25, -0.2) is 8.42 Å². The van der Waals surface area contributed by atoms with Crippen LogP contribution >= 0.6 is 27.3 Å². The largest absolute Gasteiger partial charge is 0.316 e. The molecule has 8 heteroatoms. The second kappa shape index (κ2) is 8.71. The van der Waals surface area contributed by atoms with Crippen LogP contribution in [0.25, 0.3) is 10.2 Å². The van der Waals surface area contributed by atoms with Crippen molar-refractivity contribution in [3.05, 3.63) is 57.3 Å². The molecular weight excluding hydrogens is 460 g/mol. The van der Waals surface area contributed by atoms with Crippen molar-refractivity contribution in [2.45, 2.75) is 38.1 Å². The number of thiazole rings is 1. The van der Waals surface area contributed by atoms with Crippen LogP contribution in [0.2, 0.25) is 0 Å². The molecule has 0 aliphatic rings. The SMILES string of the molecule is CCCn1c(=NC(=O)CCS(=O)(=O)c2ccc(C)cc2)sc2cc(Br)ccc21. The van der Waals surface area contributed by atoms with Crippen LogP contribution in [0.1, 0.15) is 25.3 Å². The van der Waals surface area contributed by atoms with Crippen molar-refractivity contribution >= 4 is 53.2 Å². The number of fused-ring (bicyclic) bond motifs is 1. The Morgan fingerprint density at radius 2 is 1.89 bits per heavy atom. The fraction of sp³-hybridized carbons (Fsp3) is 0.300. The highest BCUT2D eigenvalue weighted by atomic mass is 79.9. The molecule has 0 saturated carbocycles. The minimum atomic E-state index is -3.51. The number of hydrogen-bond donors (Lipinski definition) is 0. The van der Waals surface area contributed by atoms with Crippen LogP contribution in [0.3, 0.4) is 0 Å². The highest BCUT2D eigenvalue weighted by Gasteiger charge is 2.16. The molecule has 1 heterocycles. The molecule has 0 spiro atoms. The Morgan fingerprint density at radius 3 is 2.57 bits per heavy atom. The summed E-state index contributed by atoms with van der Waals surface area (Å²) < 4.78 is 28.9. The smallest absolute Gasteiger partial charge is 0.249 e. The second-order valence-electron chi connectivity index (χ2n) is 6.54. The number of hydrogen-bond acceptors (Lipinski definition) is 4. The van der Waals surface area contributed by atoms with E-state index in [0.717, 1.165) is 33.2 Å². The second-order valence-corrected chi connectivity index (χ2v) is 10.6. The van der Waals surface area contributed by atoms with Gasteiger partial charge >= 0.3 is 0 Å². The van der Waals surface area contributed by atoms with E-state index in [9.17, 15) is 13.2 Å². The van der Waals surface area contributed by atoms with Gasteiger partial charge in [-0.15, -0.1) is 0 Å². The van der Waals surface area contributed by atoms with Crippen molar-refractivity contribution < 1.29 is 13.2 Å². The number of aromatic nitrogens is 1. The van der Waals surface area contributed by atoms with Crippen molar-refractivity contribution in [2.24, 2.45) is 4.99 Å². The van der Waals surface area contributed by atoms with Crippen LogP contribution < -0.4 is 4.80 Å². The number of nitrogens with zero attached hydrogens (tertiary/aromatic N) is 2. The first-order valence-electron chi connectivity index (χ1n) is 8.96. The fourth-order valence-corrected chi connectivity index (χ4v) is 5.67. The zero-order chi connectivity index (χ0) is 20.3. The Kier molecular flexibility index (Phi) is 6.52. The number of carbonyl (C=O) groups excluding carboxylic acids is 1. The summed E-state index contributed by atoms with van der Waals surface area (Å²) in [4.78, 5) is 17.5. The molecular formula is C20H21BrN2O3S2. The molecule has 2 aromatic carbocycles. The van der Waals surface area contributed by atoms with Crippen LogP contribution in [0, 0.1) is 6.92 Å². The maximum atomic E-state index is 12.4. The summed E-state index contributed by atoms with van der Waals surface area (Å²) in [6.07, 6.45) is 0.769. The lowest BCUT2D eigenvalue weighted by Crippen LogP contribution is -2.18. The predicted molar refractivity (Wildman–Crippen MR) is 116 cm³/mol. The number of aryl methyl sites for hydroxylation is 2. The standard InChI is InChI=1S/C20H21BrN2O3S2/c1-3-11-23-17-9-6-15(21)13-18(17)27-20(23)22-19(24)10-12-28(25,26)16-7-4-14(2)5-8-16/h4-9,13H,3,10-12H2,1-2H3. The number of carbonyl (C=O) groups is 1. The van der Waals surface area contributed by atoms with Gasteiger partial charge in [-0.2, -0.15) is 4.99 Å². The minimum Gasteiger partial charge on any atom is -0.316 e. The van der Waals surface area contributed by atoms with E-state index in [1.807, 2.05) is 29.7 Å². The average Bonchev–Trinajstić information content (AvgIpc) is 2.97. The highest BCUT2D eigenvalue weighted by Crippen LogP contribution is 2.22. The summed E-state index contributed by atoms with van der Waals surface area (Å²) in [6.45, 7) is 4.71. The maximum absolute atomic E-state index is 12.4. The Balaban J connectivity index is 1.84. The van der Waals surface area contributed by atoms with Crippen molar-refractivity contribution in [3.8, 4) is 0 Å². The summed E-state index contributed by atoms with van der Waals surface area (Å²) in [5.41, 5.74) is 2.01. The first-order valence-corrected chi connectivity index (χ1v) is 12.2. The van der Waals surface area contributed by atoms with Crippen molar-refractivity contribution in [2.75, 3.05) is 5.75 Å². The predicted octanol–water partition coefficient (Wildman–Crippen LogP) is 4.48. The number of halogens is 1. The van der Waals surface area contributed by atoms with Gasteiger partial charge in [0.05, 0.1) is 20.9 Å². The monoisotopic (exact) mass is 480 g/mol. The average molecular weight is 481 g/mol. The topological polar surface area (TPSA) is 68.5 Å². The molecule has 0 unspecified atom stereocenters. The lowest BCUT2D eigenvalue weighted by molar-refractivity contribution is -0.117. The third-order valence-electron chi connectivity index (χ3n) is 4.28. The number of amides is 1. The molecule has 28 heavy (non-hydrogen) atoms. The van der Waals surface area contributed by atoms with Crippen LogP contribution in [-0.4, -0.2) is 24.6 Å². The van der Waals surface area contributed by atoms with Crippen molar-refractivity contribution in [3.63, 3.8) is 0 Å². The van der Waals surface area contributed by atoms with Gasteiger partial charge in [-0.1, -0.05) is 51.9 Å². The van der Waals surface area contributed by atoms with Gasteiger partial charge in [0, 0.05) is 17.4 Å². The Labute approximate surface area is 176 Å². The van der Waals surface area contributed by atoms with Gasteiger partial charge in [0.25, 0.3) is 0 Å². The zero-order valence-electron chi connectivity index (χ0n) is 15.7. The van der Waals surface area contributed by atoms with Crippen LogP contribution in [0.5, 0.6) is 0 Å². The van der Waals surface area contributed by atoms with Gasteiger partial charge in [-0.3, -0.25) is 4.79 Å². The molecule has 0 bridgehead atoms. The lowest BCUT2D eigenvalue weighted by atomic mass is 10.2. The van der Waals surface area contributed by atoms with E-state index in [-0.39, 0.29) is 17.1 Å². The molecule has 3 rings (SSSR count). The van der Waals surface area contributed by atoms with Gasteiger partial charge < -0.3 is 4.57 Å². The summed E-state index contributed by atoms with van der Waals surface area (Å²) in [5.74, 6) is -0.672. The zero-order valence-corrected chi connectivity index (χ0v) is 18.9.